The largest absolute Gasteiger partial charge is 0.495 e. The third-order valence-corrected chi connectivity index (χ3v) is 3.44. The number of halogens is 1. The number of aromatic nitrogens is 2. The number of hydrogen-bond acceptors (Lipinski definition) is 4. The van der Waals surface area contributed by atoms with Gasteiger partial charge >= 0.3 is 0 Å². The number of methoxy groups -OCH3 is 1. The molecule has 6 heteroatoms. The molecule has 0 fully saturated rings. The maximum absolute atomic E-state index is 11.8. The Morgan fingerprint density at radius 1 is 1.27 bits per heavy atom. The minimum Gasteiger partial charge on any atom is -0.495 e. The summed E-state index contributed by atoms with van der Waals surface area (Å²) in [4.78, 5) is 20.0. The van der Waals surface area contributed by atoms with Gasteiger partial charge in [-0.1, -0.05) is 23.8 Å². The van der Waals surface area contributed by atoms with E-state index in [9.17, 15) is 4.79 Å². The normalized spacial score (nSPS) is 10.7. The second-order valence-corrected chi connectivity index (χ2v) is 4.94. The van der Waals surface area contributed by atoms with E-state index in [-0.39, 0.29) is 5.91 Å². The molecule has 2 rings (SSSR count). The topological polar surface area (TPSA) is 64.1 Å². The van der Waals surface area contributed by atoms with Gasteiger partial charge in [0.25, 0.3) is 5.91 Å². The molecule has 0 spiro atoms. The number of carbonyl (C=O) groups is 1. The molecule has 0 saturated carbocycles. The molecule has 1 aromatic heterocycles. The molecule has 114 valence electrons. The minimum atomic E-state index is -0.205. The molecule has 0 aliphatic carbocycles. The van der Waals surface area contributed by atoms with Crippen LogP contribution in [-0.2, 0) is 0 Å². The van der Waals surface area contributed by atoms with Gasteiger partial charge in [0.2, 0.25) is 0 Å². The predicted molar refractivity (Wildman–Crippen MR) is 87.1 cm³/mol. The molecular weight excluding hydrogens is 302 g/mol. The van der Waals surface area contributed by atoms with E-state index >= 15 is 0 Å². The van der Waals surface area contributed by atoms with Crippen molar-refractivity contribution in [2.24, 2.45) is 0 Å². The van der Waals surface area contributed by atoms with Crippen LogP contribution in [0.15, 0.2) is 24.5 Å². The summed E-state index contributed by atoms with van der Waals surface area (Å²) >= 11 is 6.28. The number of rotatable bonds is 4. The minimum absolute atomic E-state index is 0.205. The number of nitrogens with zero attached hydrogens (tertiary/aromatic N) is 2. The summed E-state index contributed by atoms with van der Waals surface area (Å²) in [7, 11) is 3.08. The number of ether oxygens (including phenoxy) is 1. The van der Waals surface area contributed by atoms with Gasteiger partial charge in [-0.3, -0.25) is 4.79 Å². The molecule has 1 N–H and O–H groups in total. The maximum atomic E-state index is 11.8. The summed E-state index contributed by atoms with van der Waals surface area (Å²) in [5.41, 5.74) is 2.00. The summed E-state index contributed by atoms with van der Waals surface area (Å²) < 4.78 is 5.22. The van der Waals surface area contributed by atoms with Crippen LogP contribution in [0.25, 0.3) is 12.2 Å². The fraction of sp³-hybridized carbons (Fsp3) is 0.188. The average Bonchev–Trinajstić information content (AvgIpc) is 2.54. The van der Waals surface area contributed by atoms with Crippen molar-refractivity contribution in [1.82, 2.24) is 15.3 Å². The van der Waals surface area contributed by atoms with E-state index in [0.717, 1.165) is 5.56 Å². The van der Waals surface area contributed by atoms with Gasteiger partial charge < -0.3 is 10.1 Å². The van der Waals surface area contributed by atoms with Crippen LogP contribution in [0.2, 0.25) is 5.02 Å². The summed E-state index contributed by atoms with van der Waals surface area (Å²) in [5.74, 6) is 0.948. The Bertz CT molecular complexity index is 712. The number of carbonyl (C=O) groups excluding carboxylic acids is 1. The molecule has 0 atom stereocenters. The van der Waals surface area contributed by atoms with Crippen molar-refractivity contribution in [3.63, 3.8) is 0 Å². The number of benzene rings is 1. The Hall–Kier alpha value is -2.40. The van der Waals surface area contributed by atoms with E-state index in [2.05, 4.69) is 15.3 Å². The lowest BCUT2D eigenvalue weighted by Crippen LogP contribution is -2.18. The van der Waals surface area contributed by atoms with E-state index in [4.69, 9.17) is 16.3 Å². The van der Waals surface area contributed by atoms with E-state index in [1.54, 1.807) is 37.7 Å². The zero-order chi connectivity index (χ0) is 16.1. The number of hydrogen-bond donors (Lipinski definition) is 1. The second-order valence-electron chi connectivity index (χ2n) is 4.56. The van der Waals surface area contributed by atoms with Crippen LogP contribution < -0.4 is 10.1 Å². The molecule has 2 aromatic rings. The Morgan fingerprint density at radius 3 is 2.55 bits per heavy atom. The Balaban J connectivity index is 2.40. The Kier molecular flexibility index (Phi) is 5.12. The van der Waals surface area contributed by atoms with Crippen LogP contribution in [0.4, 0.5) is 0 Å². The quantitative estimate of drug-likeness (QED) is 0.941. The first-order valence-electron chi connectivity index (χ1n) is 6.61. The maximum Gasteiger partial charge on any atom is 0.251 e. The Morgan fingerprint density at radius 2 is 1.95 bits per heavy atom. The van der Waals surface area contributed by atoms with Gasteiger partial charge in [0.05, 0.1) is 12.1 Å². The average molecular weight is 318 g/mol. The van der Waals surface area contributed by atoms with E-state index < -0.39 is 0 Å². The van der Waals surface area contributed by atoms with E-state index in [0.29, 0.717) is 27.7 Å². The highest BCUT2D eigenvalue weighted by Crippen LogP contribution is 2.31. The molecule has 1 aromatic carbocycles. The van der Waals surface area contributed by atoms with E-state index in [1.165, 1.54) is 7.11 Å². The van der Waals surface area contributed by atoms with Crippen LogP contribution in [0.1, 0.15) is 27.3 Å². The third-order valence-electron chi connectivity index (χ3n) is 3.03. The zero-order valence-corrected chi connectivity index (χ0v) is 13.3. The van der Waals surface area contributed by atoms with Crippen LogP contribution in [-0.4, -0.2) is 30.0 Å². The lowest BCUT2D eigenvalue weighted by Gasteiger charge is -2.09. The van der Waals surface area contributed by atoms with Crippen molar-refractivity contribution in [1.29, 1.82) is 0 Å². The molecule has 0 aliphatic heterocycles. The number of aryl methyl sites for hydroxylation is 1. The van der Waals surface area contributed by atoms with Crippen LogP contribution >= 0.6 is 11.6 Å². The van der Waals surface area contributed by atoms with Crippen molar-refractivity contribution < 1.29 is 9.53 Å². The Labute approximate surface area is 134 Å². The zero-order valence-electron chi connectivity index (χ0n) is 12.6. The molecule has 0 radical (unpaired) electrons. The van der Waals surface area contributed by atoms with Crippen molar-refractivity contribution in [3.05, 3.63) is 52.1 Å². The van der Waals surface area contributed by atoms with Crippen molar-refractivity contribution in [2.75, 3.05) is 14.2 Å². The fourth-order valence-corrected chi connectivity index (χ4v) is 2.09. The van der Waals surface area contributed by atoms with E-state index in [1.807, 2.05) is 13.0 Å². The number of nitrogens with one attached hydrogen (secondary N) is 1. The summed E-state index contributed by atoms with van der Waals surface area (Å²) in [6.45, 7) is 1.82. The van der Waals surface area contributed by atoms with Crippen molar-refractivity contribution >= 4 is 29.7 Å². The molecule has 1 heterocycles. The monoisotopic (exact) mass is 317 g/mol. The molecule has 0 aliphatic rings. The predicted octanol–water partition coefficient (Wildman–Crippen LogP) is 2.98. The van der Waals surface area contributed by atoms with Gasteiger partial charge in [-0.2, -0.15) is 0 Å². The first-order valence-corrected chi connectivity index (χ1v) is 6.99. The molecule has 0 bridgehead atoms. The van der Waals surface area contributed by atoms with Gasteiger partial charge in [-0.05, 0) is 24.6 Å². The highest BCUT2D eigenvalue weighted by molar-refractivity contribution is 6.33. The van der Waals surface area contributed by atoms with Crippen LogP contribution in [0.3, 0.4) is 0 Å². The first kappa shape index (κ1) is 16.0. The molecule has 0 unspecified atom stereocenters. The highest BCUT2D eigenvalue weighted by atomic mass is 35.5. The van der Waals surface area contributed by atoms with Crippen molar-refractivity contribution in [3.8, 4) is 5.75 Å². The second kappa shape index (κ2) is 7.04. The lowest BCUT2D eigenvalue weighted by molar-refractivity contribution is 0.0962. The first-order chi connectivity index (χ1) is 10.5. The molecule has 1 amide bonds. The highest BCUT2D eigenvalue weighted by Gasteiger charge is 2.12. The van der Waals surface area contributed by atoms with Gasteiger partial charge in [0.1, 0.15) is 11.6 Å². The van der Waals surface area contributed by atoms with Gasteiger partial charge in [-0.25, -0.2) is 9.97 Å². The third kappa shape index (κ3) is 3.62. The summed E-state index contributed by atoms with van der Waals surface area (Å²) in [6.07, 6.45) is 7.05. The smallest absolute Gasteiger partial charge is 0.251 e. The van der Waals surface area contributed by atoms with Crippen molar-refractivity contribution in [2.45, 2.75) is 6.92 Å². The molecular formula is C16H16ClN3O2. The van der Waals surface area contributed by atoms with Gasteiger partial charge in [-0.15, -0.1) is 0 Å². The van der Waals surface area contributed by atoms with Gasteiger partial charge in [0.15, 0.2) is 0 Å². The summed E-state index contributed by atoms with van der Waals surface area (Å²) in [5, 5.41) is 3.02. The SMILES string of the molecule is CNC(=O)c1cc(/C=C/c2cnc(C)nc2)c(Cl)c(OC)c1. The summed E-state index contributed by atoms with van der Waals surface area (Å²) in [6, 6.07) is 3.31. The van der Waals surface area contributed by atoms with Crippen LogP contribution in [0, 0.1) is 6.92 Å². The fourth-order valence-electron chi connectivity index (χ4n) is 1.84. The van der Waals surface area contributed by atoms with Gasteiger partial charge in [0, 0.05) is 30.6 Å². The van der Waals surface area contributed by atoms with Crippen LogP contribution in [0.5, 0.6) is 5.75 Å². The number of amides is 1. The molecule has 5 nitrogen and oxygen atoms in total. The molecule has 0 saturated heterocycles. The molecule has 22 heavy (non-hydrogen) atoms. The standard InChI is InChI=1S/C16H16ClN3O2/c1-10-19-8-11(9-20-10)4-5-12-6-13(16(21)18-2)7-14(22-3)15(12)17/h4-9H,1-3H3,(H,18,21)/b5-4+. The lowest BCUT2D eigenvalue weighted by atomic mass is 10.1.